The Balaban J connectivity index is 2.24. The topological polar surface area (TPSA) is 29.3 Å². The van der Waals surface area contributed by atoms with Gasteiger partial charge in [0.1, 0.15) is 0 Å². The minimum atomic E-state index is 0.0316. The quantitative estimate of drug-likeness (QED) is 0.872. The van der Waals surface area contributed by atoms with Crippen molar-refractivity contribution in [1.29, 1.82) is 0 Å². The van der Waals surface area contributed by atoms with E-state index in [1.54, 1.807) is 0 Å². The van der Waals surface area contributed by atoms with Crippen LogP contribution < -0.4 is 10.6 Å². The molecular weight excluding hydrogens is 244 g/mol. The van der Waals surface area contributed by atoms with Crippen molar-refractivity contribution >= 4 is 17.3 Å². The monoisotopic (exact) mass is 266 g/mol. The Labute approximate surface area is 115 Å². The summed E-state index contributed by atoms with van der Waals surface area (Å²) >= 11 is 6.08. The maximum atomic E-state index is 6.08. The Morgan fingerprint density at radius 1 is 1.11 bits per heavy atom. The van der Waals surface area contributed by atoms with Crippen molar-refractivity contribution in [2.45, 2.75) is 45.1 Å². The van der Waals surface area contributed by atoms with Crippen LogP contribution in [0.3, 0.4) is 0 Å². The molecule has 1 aromatic carbocycles. The van der Waals surface area contributed by atoms with Gasteiger partial charge in [-0.3, -0.25) is 0 Å². The summed E-state index contributed by atoms with van der Waals surface area (Å²) in [6.45, 7) is 4.31. The van der Waals surface area contributed by atoms with Gasteiger partial charge in [0.05, 0.1) is 0 Å². The average molecular weight is 267 g/mol. The molecule has 2 nitrogen and oxygen atoms in total. The van der Waals surface area contributed by atoms with Crippen LogP contribution in [0, 0.1) is 0 Å². The second kappa shape index (κ2) is 6.44. The maximum Gasteiger partial charge on any atom is 0.0415 e. The van der Waals surface area contributed by atoms with Gasteiger partial charge >= 0.3 is 0 Å². The van der Waals surface area contributed by atoms with Gasteiger partial charge in [0.15, 0.2) is 0 Å². The lowest BCUT2D eigenvalue weighted by molar-refractivity contribution is 0.555. The normalized spacial score (nSPS) is 19.2. The van der Waals surface area contributed by atoms with Crippen molar-refractivity contribution in [3.05, 3.63) is 28.8 Å². The SMILES string of the molecule is C[C@H](N)c1cc(Cl)ccc1N1CCCCCCC1. The Bertz CT molecular complexity index is 382. The van der Waals surface area contributed by atoms with E-state index in [0.29, 0.717) is 0 Å². The first-order valence-corrected chi connectivity index (χ1v) is 7.36. The molecule has 0 spiro atoms. The van der Waals surface area contributed by atoms with Crippen LogP contribution in [0.4, 0.5) is 5.69 Å². The number of nitrogens with two attached hydrogens (primary N) is 1. The summed E-state index contributed by atoms with van der Waals surface area (Å²) < 4.78 is 0. The van der Waals surface area contributed by atoms with Gasteiger partial charge in [-0.05, 0) is 43.5 Å². The zero-order chi connectivity index (χ0) is 13.0. The molecule has 1 aromatic rings. The molecular formula is C15H23ClN2. The van der Waals surface area contributed by atoms with E-state index in [0.717, 1.165) is 18.1 Å². The average Bonchev–Trinajstić information content (AvgIpc) is 2.29. The molecule has 1 atom stereocenters. The lowest BCUT2D eigenvalue weighted by Gasteiger charge is -2.30. The van der Waals surface area contributed by atoms with Crippen molar-refractivity contribution in [2.75, 3.05) is 18.0 Å². The first-order chi connectivity index (χ1) is 8.68. The van der Waals surface area contributed by atoms with Crippen LogP contribution in [0.5, 0.6) is 0 Å². The number of hydrogen-bond acceptors (Lipinski definition) is 2. The van der Waals surface area contributed by atoms with E-state index in [1.165, 1.54) is 43.4 Å². The highest BCUT2D eigenvalue weighted by atomic mass is 35.5. The maximum absolute atomic E-state index is 6.08. The highest BCUT2D eigenvalue weighted by Crippen LogP contribution is 2.29. The molecule has 3 heteroatoms. The molecule has 0 bridgehead atoms. The predicted octanol–water partition coefficient (Wildman–Crippen LogP) is 4.13. The van der Waals surface area contributed by atoms with Crippen molar-refractivity contribution in [2.24, 2.45) is 5.73 Å². The summed E-state index contributed by atoms with van der Waals surface area (Å²) in [6, 6.07) is 6.15. The van der Waals surface area contributed by atoms with Crippen molar-refractivity contribution < 1.29 is 0 Å². The van der Waals surface area contributed by atoms with E-state index in [9.17, 15) is 0 Å². The third-order valence-corrected chi connectivity index (χ3v) is 3.91. The number of anilines is 1. The van der Waals surface area contributed by atoms with Crippen LogP contribution in [0.15, 0.2) is 18.2 Å². The van der Waals surface area contributed by atoms with Gasteiger partial charge in [-0.15, -0.1) is 0 Å². The summed E-state index contributed by atoms with van der Waals surface area (Å²) in [5, 5.41) is 0.776. The van der Waals surface area contributed by atoms with Gasteiger partial charge in [-0.25, -0.2) is 0 Å². The Kier molecular flexibility index (Phi) is 4.90. The van der Waals surface area contributed by atoms with Crippen molar-refractivity contribution in [3.63, 3.8) is 0 Å². The lowest BCUT2D eigenvalue weighted by Crippen LogP contribution is -2.28. The summed E-state index contributed by atoms with van der Waals surface area (Å²) in [7, 11) is 0. The van der Waals surface area contributed by atoms with Gasteiger partial charge in [-0.2, -0.15) is 0 Å². The summed E-state index contributed by atoms with van der Waals surface area (Å²) in [6.07, 6.45) is 6.63. The molecule has 1 fully saturated rings. The zero-order valence-corrected chi connectivity index (χ0v) is 11.9. The highest BCUT2D eigenvalue weighted by molar-refractivity contribution is 6.30. The molecule has 0 amide bonds. The van der Waals surface area contributed by atoms with Crippen molar-refractivity contribution in [3.8, 4) is 0 Å². The number of rotatable bonds is 2. The van der Waals surface area contributed by atoms with Gasteiger partial charge in [-0.1, -0.05) is 30.9 Å². The Morgan fingerprint density at radius 2 is 1.72 bits per heavy atom. The van der Waals surface area contributed by atoms with Crippen LogP contribution in [-0.4, -0.2) is 13.1 Å². The standard InChI is InChI=1S/C15H23ClN2/c1-12(17)14-11-13(16)7-8-15(14)18-9-5-3-2-4-6-10-18/h7-8,11-12H,2-6,9-10,17H2,1H3/t12-/m0/s1. The molecule has 0 aromatic heterocycles. The number of nitrogens with zero attached hydrogens (tertiary/aromatic N) is 1. The van der Waals surface area contributed by atoms with E-state index in [-0.39, 0.29) is 6.04 Å². The van der Waals surface area contributed by atoms with Crippen molar-refractivity contribution in [1.82, 2.24) is 0 Å². The molecule has 1 aliphatic heterocycles. The summed E-state index contributed by atoms with van der Waals surface area (Å²) in [5.41, 5.74) is 8.52. The van der Waals surface area contributed by atoms with Crippen LogP contribution in [0.1, 0.15) is 50.6 Å². The lowest BCUT2D eigenvalue weighted by atomic mass is 10.0. The molecule has 1 heterocycles. The van der Waals surface area contributed by atoms with Gasteiger partial charge in [0.25, 0.3) is 0 Å². The first kappa shape index (κ1) is 13.7. The minimum Gasteiger partial charge on any atom is -0.371 e. The predicted molar refractivity (Wildman–Crippen MR) is 79.4 cm³/mol. The van der Waals surface area contributed by atoms with Gasteiger partial charge < -0.3 is 10.6 Å². The molecule has 1 aliphatic rings. The van der Waals surface area contributed by atoms with E-state index >= 15 is 0 Å². The Hall–Kier alpha value is -0.730. The Morgan fingerprint density at radius 3 is 2.33 bits per heavy atom. The number of halogens is 1. The zero-order valence-electron chi connectivity index (χ0n) is 11.2. The molecule has 0 saturated carbocycles. The third-order valence-electron chi connectivity index (χ3n) is 3.68. The largest absolute Gasteiger partial charge is 0.371 e. The molecule has 100 valence electrons. The van der Waals surface area contributed by atoms with E-state index in [2.05, 4.69) is 11.0 Å². The fraction of sp³-hybridized carbons (Fsp3) is 0.600. The van der Waals surface area contributed by atoms with Crippen LogP contribution in [0.2, 0.25) is 5.02 Å². The molecule has 1 saturated heterocycles. The smallest absolute Gasteiger partial charge is 0.0415 e. The van der Waals surface area contributed by atoms with E-state index in [4.69, 9.17) is 17.3 Å². The van der Waals surface area contributed by atoms with E-state index < -0.39 is 0 Å². The molecule has 0 unspecified atom stereocenters. The molecule has 0 aliphatic carbocycles. The summed E-state index contributed by atoms with van der Waals surface area (Å²) in [4.78, 5) is 2.48. The highest BCUT2D eigenvalue weighted by Gasteiger charge is 2.15. The third kappa shape index (κ3) is 3.39. The molecule has 2 rings (SSSR count). The van der Waals surface area contributed by atoms with E-state index in [1.807, 2.05) is 19.1 Å². The van der Waals surface area contributed by atoms with Crippen LogP contribution in [0.25, 0.3) is 0 Å². The van der Waals surface area contributed by atoms with Crippen LogP contribution in [-0.2, 0) is 0 Å². The molecule has 0 radical (unpaired) electrons. The minimum absolute atomic E-state index is 0.0316. The molecule has 18 heavy (non-hydrogen) atoms. The van der Waals surface area contributed by atoms with Gasteiger partial charge in [0, 0.05) is 29.8 Å². The fourth-order valence-electron chi connectivity index (χ4n) is 2.67. The second-order valence-electron chi connectivity index (χ2n) is 5.25. The van der Waals surface area contributed by atoms with Crippen LogP contribution >= 0.6 is 11.6 Å². The second-order valence-corrected chi connectivity index (χ2v) is 5.68. The van der Waals surface area contributed by atoms with Gasteiger partial charge in [0.2, 0.25) is 0 Å². The summed E-state index contributed by atoms with van der Waals surface area (Å²) in [5.74, 6) is 0. The number of benzene rings is 1. The first-order valence-electron chi connectivity index (χ1n) is 6.98. The number of hydrogen-bond donors (Lipinski definition) is 1. The fourth-order valence-corrected chi connectivity index (χ4v) is 2.85. The molecule has 2 N–H and O–H groups in total.